The number of rotatable bonds is 5. The van der Waals surface area contributed by atoms with Gasteiger partial charge in [-0.25, -0.2) is 0 Å². The molecule has 4 heteroatoms. The van der Waals surface area contributed by atoms with Gasteiger partial charge in [-0.2, -0.15) is 0 Å². The first-order valence-electron chi connectivity index (χ1n) is 7.88. The first-order chi connectivity index (χ1) is 10.1. The second kappa shape index (κ2) is 7.46. The first kappa shape index (κ1) is 15.8. The van der Waals surface area contributed by atoms with Gasteiger partial charge in [-0.3, -0.25) is 4.79 Å². The molecule has 0 saturated carbocycles. The lowest BCUT2D eigenvalue weighted by atomic mass is 9.86. The quantitative estimate of drug-likeness (QED) is 0.876. The lowest BCUT2D eigenvalue weighted by Crippen LogP contribution is -2.48. The average Bonchev–Trinajstić information content (AvgIpc) is 2.47. The zero-order valence-electron chi connectivity index (χ0n) is 13.2. The molecular weight excluding hydrogens is 264 g/mol. The normalized spacial score (nSPS) is 22.1. The van der Waals surface area contributed by atoms with Crippen molar-refractivity contribution in [2.45, 2.75) is 51.7 Å². The second-order valence-electron chi connectivity index (χ2n) is 5.86. The molecule has 1 fully saturated rings. The zero-order valence-corrected chi connectivity index (χ0v) is 13.2. The summed E-state index contributed by atoms with van der Waals surface area (Å²) in [5.41, 5.74) is 1.27. The maximum absolute atomic E-state index is 12.0. The van der Waals surface area contributed by atoms with Gasteiger partial charge in [0, 0.05) is 6.54 Å². The third kappa shape index (κ3) is 4.46. The van der Waals surface area contributed by atoms with Crippen LogP contribution < -0.4 is 15.4 Å². The summed E-state index contributed by atoms with van der Waals surface area (Å²) in [5, 5.41) is 6.21. The molecule has 1 aliphatic heterocycles. The molecule has 1 amide bonds. The molecule has 2 atom stereocenters. The van der Waals surface area contributed by atoms with Crippen molar-refractivity contribution in [2.24, 2.45) is 0 Å². The van der Waals surface area contributed by atoms with Gasteiger partial charge in [-0.05, 0) is 63.8 Å². The van der Waals surface area contributed by atoms with Crippen LogP contribution >= 0.6 is 0 Å². The first-order valence-corrected chi connectivity index (χ1v) is 7.88. The molecule has 1 saturated heterocycles. The van der Waals surface area contributed by atoms with Crippen molar-refractivity contribution in [1.29, 1.82) is 0 Å². The number of carbonyl (C=O) groups is 1. The van der Waals surface area contributed by atoms with Crippen molar-refractivity contribution in [3.8, 4) is 5.75 Å². The molecule has 1 aliphatic rings. The van der Waals surface area contributed by atoms with E-state index in [4.69, 9.17) is 4.74 Å². The fourth-order valence-corrected chi connectivity index (χ4v) is 2.83. The molecule has 21 heavy (non-hydrogen) atoms. The molecule has 0 radical (unpaired) electrons. The number of ether oxygens (including phenoxy) is 1. The van der Waals surface area contributed by atoms with Gasteiger partial charge in [0.1, 0.15) is 5.75 Å². The van der Waals surface area contributed by atoms with Crippen molar-refractivity contribution in [3.05, 3.63) is 29.8 Å². The second-order valence-corrected chi connectivity index (χ2v) is 5.86. The topological polar surface area (TPSA) is 50.4 Å². The zero-order chi connectivity index (χ0) is 15.2. The van der Waals surface area contributed by atoms with Gasteiger partial charge < -0.3 is 15.4 Å². The van der Waals surface area contributed by atoms with Crippen LogP contribution in [0.4, 0.5) is 0 Å². The van der Waals surface area contributed by atoms with Crippen LogP contribution in [0.3, 0.4) is 0 Å². The van der Waals surface area contributed by atoms with Crippen LogP contribution in [0, 0.1) is 0 Å². The molecule has 0 aliphatic carbocycles. The molecule has 1 aromatic carbocycles. The van der Waals surface area contributed by atoms with Gasteiger partial charge in [0.25, 0.3) is 0 Å². The van der Waals surface area contributed by atoms with Gasteiger partial charge >= 0.3 is 0 Å². The van der Waals surface area contributed by atoms with E-state index >= 15 is 0 Å². The fourth-order valence-electron chi connectivity index (χ4n) is 2.83. The summed E-state index contributed by atoms with van der Waals surface area (Å²) < 4.78 is 5.76. The minimum atomic E-state index is -0.0848. The van der Waals surface area contributed by atoms with E-state index in [1.165, 1.54) is 5.56 Å². The van der Waals surface area contributed by atoms with Crippen LogP contribution in [0.2, 0.25) is 0 Å². The number of nitrogens with one attached hydrogen (secondary N) is 2. The molecular formula is C17H26N2O2. The average molecular weight is 290 g/mol. The number of hydrogen-bond donors (Lipinski definition) is 2. The summed E-state index contributed by atoms with van der Waals surface area (Å²) >= 11 is 0. The molecule has 1 heterocycles. The van der Waals surface area contributed by atoms with Gasteiger partial charge in [-0.15, -0.1) is 0 Å². The molecule has 1 aromatic rings. The standard InChI is InChI=1S/C17H26N2O2/c1-4-18-17(20)16-11-14(8-9-19-16)13-6-5-7-15(10-13)21-12(2)3/h5-7,10,12,14,16,19H,4,8-9,11H2,1-3H3,(H,18,20). The van der Waals surface area contributed by atoms with Crippen LogP contribution in [0.1, 0.15) is 45.1 Å². The summed E-state index contributed by atoms with van der Waals surface area (Å²) in [6.45, 7) is 7.57. The SMILES string of the molecule is CCNC(=O)C1CC(c2cccc(OC(C)C)c2)CCN1. The molecule has 0 aromatic heterocycles. The lowest BCUT2D eigenvalue weighted by Gasteiger charge is -2.30. The Morgan fingerprint density at radius 3 is 3.00 bits per heavy atom. The van der Waals surface area contributed by atoms with E-state index in [9.17, 15) is 4.79 Å². The van der Waals surface area contributed by atoms with Crippen LogP contribution in [0.15, 0.2) is 24.3 Å². The minimum Gasteiger partial charge on any atom is -0.491 e. The highest BCUT2D eigenvalue weighted by Crippen LogP contribution is 2.30. The Morgan fingerprint density at radius 2 is 2.29 bits per heavy atom. The number of hydrogen-bond acceptors (Lipinski definition) is 3. The van der Waals surface area contributed by atoms with E-state index < -0.39 is 0 Å². The van der Waals surface area contributed by atoms with E-state index in [2.05, 4.69) is 22.8 Å². The third-order valence-corrected chi connectivity index (χ3v) is 3.77. The Bertz CT molecular complexity index is 474. The van der Waals surface area contributed by atoms with Crippen LogP contribution in [0.25, 0.3) is 0 Å². The van der Waals surface area contributed by atoms with Crippen LogP contribution in [0.5, 0.6) is 5.75 Å². The summed E-state index contributed by atoms with van der Waals surface area (Å²) in [4.78, 5) is 12.0. The third-order valence-electron chi connectivity index (χ3n) is 3.77. The van der Waals surface area contributed by atoms with Gasteiger partial charge in [0.05, 0.1) is 12.1 Å². The van der Waals surface area contributed by atoms with Crippen molar-refractivity contribution in [2.75, 3.05) is 13.1 Å². The summed E-state index contributed by atoms with van der Waals surface area (Å²) in [5.74, 6) is 1.43. The maximum Gasteiger partial charge on any atom is 0.237 e. The molecule has 4 nitrogen and oxygen atoms in total. The summed E-state index contributed by atoms with van der Waals surface area (Å²) in [6, 6.07) is 8.20. The van der Waals surface area contributed by atoms with Gasteiger partial charge in [0.15, 0.2) is 0 Å². The van der Waals surface area contributed by atoms with Crippen LogP contribution in [-0.4, -0.2) is 31.1 Å². The number of amides is 1. The van der Waals surface area contributed by atoms with Crippen LogP contribution in [-0.2, 0) is 4.79 Å². The maximum atomic E-state index is 12.0. The van der Waals surface area contributed by atoms with E-state index in [1.54, 1.807) is 0 Å². The van der Waals surface area contributed by atoms with E-state index in [0.717, 1.165) is 25.1 Å². The van der Waals surface area contributed by atoms with E-state index in [0.29, 0.717) is 12.5 Å². The van der Waals surface area contributed by atoms with Crippen molar-refractivity contribution >= 4 is 5.91 Å². The highest BCUT2D eigenvalue weighted by molar-refractivity contribution is 5.81. The Kier molecular flexibility index (Phi) is 5.62. The molecule has 2 unspecified atom stereocenters. The summed E-state index contributed by atoms with van der Waals surface area (Å²) in [6.07, 6.45) is 2.08. The Balaban J connectivity index is 2.05. The Hall–Kier alpha value is -1.55. The minimum absolute atomic E-state index is 0.0848. The number of carbonyl (C=O) groups excluding carboxylic acids is 1. The molecule has 0 spiro atoms. The number of benzene rings is 1. The van der Waals surface area contributed by atoms with Crippen molar-refractivity contribution < 1.29 is 9.53 Å². The number of likely N-dealkylation sites (N-methyl/N-ethyl adjacent to an activating group) is 1. The Morgan fingerprint density at radius 1 is 1.48 bits per heavy atom. The molecule has 116 valence electrons. The highest BCUT2D eigenvalue weighted by atomic mass is 16.5. The Labute approximate surface area is 127 Å². The van der Waals surface area contributed by atoms with E-state index in [1.807, 2.05) is 32.9 Å². The van der Waals surface area contributed by atoms with Crippen molar-refractivity contribution in [3.63, 3.8) is 0 Å². The fraction of sp³-hybridized carbons (Fsp3) is 0.588. The smallest absolute Gasteiger partial charge is 0.237 e. The van der Waals surface area contributed by atoms with Gasteiger partial charge in [0.2, 0.25) is 5.91 Å². The predicted molar refractivity (Wildman–Crippen MR) is 84.7 cm³/mol. The molecule has 2 N–H and O–H groups in total. The van der Waals surface area contributed by atoms with E-state index in [-0.39, 0.29) is 18.1 Å². The predicted octanol–water partition coefficient (Wildman–Crippen LogP) is 2.45. The van der Waals surface area contributed by atoms with Crippen molar-refractivity contribution in [1.82, 2.24) is 10.6 Å². The largest absolute Gasteiger partial charge is 0.491 e. The monoisotopic (exact) mass is 290 g/mol. The number of piperidine rings is 1. The molecule has 2 rings (SSSR count). The summed E-state index contributed by atoms with van der Waals surface area (Å²) in [7, 11) is 0. The van der Waals surface area contributed by atoms with Gasteiger partial charge in [-0.1, -0.05) is 12.1 Å². The molecule has 0 bridgehead atoms. The lowest BCUT2D eigenvalue weighted by molar-refractivity contribution is -0.123. The highest BCUT2D eigenvalue weighted by Gasteiger charge is 2.27.